The predicted molar refractivity (Wildman–Crippen MR) is 49.0 cm³/mol. The zero-order valence-corrected chi connectivity index (χ0v) is 8.18. The van der Waals surface area contributed by atoms with Gasteiger partial charge >= 0.3 is 0 Å². The van der Waals surface area contributed by atoms with Crippen LogP contribution in [0, 0.1) is 0 Å². The lowest BCUT2D eigenvalue weighted by Gasteiger charge is -2.25. The molecule has 0 N–H and O–H groups in total. The molecule has 2 aliphatic rings. The Hall–Kier alpha value is -0.0800. The number of likely N-dealkylation sites (tertiary alicyclic amines) is 1. The van der Waals surface area contributed by atoms with Crippen LogP contribution in [0.3, 0.4) is 0 Å². The largest absolute Gasteiger partial charge is 0.357 e. The fourth-order valence-corrected chi connectivity index (χ4v) is 2.24. The molecule has 2 fully saturated rings. The van der Waals surface area contributed by atoms with Gasteiger partial charge in [0.15, 0.2) is 0 Å². The number of ether oxygens (including phenoxy) is 1. The molecule has 12 heavy (non-hydrogen) atoms. The van der Waals surface area contributed by atoms with Gasteiger partial charge in [0, 0.05) is 13.1 Å². The fraction of sp³-hybridized carbons (Fsp3) is 1.00. The first-order chi connectivity index (χ1) is 5.67. The molecule has 2 heteroatoms. The van der Waals surface area contributed by atoms with Crippen molar-refractivity contribution in [3.8, 4) is 0 Å². The van der Waals surface area contributed by atoms with Crippen LogP contribution >= 0.6 is 0 Å². The second-order valence-corrected chi connectivity index (χ2v) is 4.61. The molecule has 0 aromatic rings. The van der Waals surface area contributed by atoms with Crippen molar-refractivity contribution in [2.75, 3.05) is 13.1 Å². The van der Waals surface area contributed by atoms with E-state index in [1.54, 1.807) is 0 Å². The van der Waals surface area contributed by atoms with Gasteiger partial charge in [0.1, 0.15) is 6.23 Å². The molecule has 0 amide bonds. The lowest BCUT2D eigenvalue weighted by atomic mass is 10.1. The Bertz CT molecular complexity index is 161. The van der Waals surface area contributed by atoms with Crippen molar-refractivity contribution in [3.63, 3.8) is 0 Å². The number of hydrogen-bond donors (Lipinski definition) is 0. The van der Waals surface area contributed by atoms with Crippen LogP contribution in [0.4, 0.5) is 0 Å². The zero-order valence-electron chi connectivity index (χ0n) is 8.18. The predicted octanol–water partition coefficient (Wildman–Crippen LogP) is 2.00. The van der Waals surface area contributed by atoms with Crippen molar-refractivity contribution < 1.29 is 4.74 Å². The third kappa shape index (κ3) is 1.64. The minimum absolute atomic E-state index is 0.132. The van der Waals surface area contributed by atoms with Crippen molar-refractivity contribution in [1.82, 2.24) is 4.90 Å². The lowest BCUT2D eigenvalue weighted by Crippen LogP contribution is -2.34. The van der Waals surface area contributed by atoms with Gasteiger partial charge in [-0.05, 0) is 39.5 Å². The highest BCUT2D eigenvalue weighted by molar-refractivity contribution is 4.82. The molecular formula is C10H19NO. The van der Waals surface area contributed by atoms with Crippen LogP contribution in [0.2, 0.25) is 0 Å². The van der Waals surface area contributed by atoms with Crippen LogP contribution in [0.15, 0.2) is 0 Å². The van der Waals surface area contributed by atoms with Gasteiger partial charge in [-0.25, -0.2) is 0 Å². The van der Waals surface area contributed by atoms with E-state index in [-0.39, 0.29) is 5.60 Å². The van der Waals surface area contributed by atoms with E-state index in [0.717, 1.165) is 0 Å². The van der Waals surface area contributed by atoms with E-state index >= 15 is 0 Å². The first kappa shape index (κ1) is 8.52. The maximum Gasteiger partial charge on any atom is 0.111 e. The summed E-state index contributed by atoms with van der Waals surface area (Å²) < 4.78 is 5.96. The molecule has 70 valence electrons. The highest BCUT2D eigenvalue weighted by atomic mass is 16.5. The molecule has 2 nitrogen and oxygen atoms in total. The molecule has 0 saturated carbocycles. The van der Waals surface area contributed by atoms with Crippen molar-refractivity contribution in [3.05, 3.63) is 0 Å². The summed E-state index contributed by atoms with van der Waals surface area (Å²) >= 11 is 0. The van der Waals surface area contributed by atoms with Crippen molar-refractivity contribution >= 4 is 0 Å². The standard InChI is InChI=1S/C10H19NO/c1-10(2)6-5-9(12-10)11-7-3-4-8-11/h9H,3-8H2,1-2H3. The van der Waals surface area contributed by atoms with Crippen molar-refractivity contribution in [2.45, 2.75) is 51.4 Å². The zero-order chi connectivity index (χ0) is 8.60. The maximum absolute atomic E-state index is 5.96. The molecule has 0 aromatic carbocycles. The van der Waals surface area contributed by atoms with Crippen molar-refractivity contribution in [2.24, 2.45) is 0 Å². The van der Waals surface area contributed by atoms with E-state index in [9.17, 15) is 0 Å². The van der Waals surface area contributed by atoms with Gasteiger partial charge in [-0.2, -0.15) is 0 Å². The van der Waals surface area contributed by atoms with Gasteiger partial charge in [-0.3, -0.25) is 4.90 Å². The normalized spacial score (nSPS) is 36.0. The van der Waals surface area contributed by atoms with E-state index in [1.807, 2.05) is 0 Å². The van der Waals surface area contributed by atoms with Crippen molar-refractivity contribution in [1.29, 1.82) is 0 Å². The summed E-state index contributed by atoms with van der Waals surface area (Å²) in [6.07, 6.45) is 5.60. The van der Waals surface area contributed by atoms with Crippen LogP contribution in [-0.2, 0) is 4.74 Å². The summed E-state index contributed by atoms with van der Waals surface area (Å²) in [7, 11) is 0. The van der Waals surface area contributed by atoms with E-state index in [4.69, 9.17) is 4.74 Å². The maximum atomic E-state index is 5.96. The molecule has 1 unspecified atom stereocenters. The first-order valence-corrected chi connectivity index (χ1v) is 5.09. The SMILES string of the molecule is CC1(C)CCC(N2CCCC2)O1. The van der Waals surface area contributed by atoms with Crippen LogP contribution in [0.1, 0.15) is 39.5 Å². The molecule has 1 atom stereocenters. The highest BCUT2D eigenvalue weighted by Gasteiger charge is 2.35. The molecule has 0 aromatic heterocycles. The molecular weight excluding hydrogens is 150 g/mol. The lowest BCUT2D eigenvalue weighted by molar-refractivity contribution is -0.0832. The Morgan fingerprint density at radius 2 is 1.92 bits per heavy atom. The van der Waals surface area contributed by atoms with Gasteiger partial charge in [-0.1, -0.05) is 0 Å². The van der Waals surface area contributed by atoms with Crippen LogP contribution < -0.4 is 0 Å². The smallest absolute Gasteiger partial charge is 0.111 e. The molecule has 0 bridgehead atoms. The Kier molecular flexibility index (Phi) is 2.13. The van der Waals surface area contributed by atoms with Crippen LogP contribution in [0.5, 0.6) is 0 Å². The van der Waals surface area contributed by atoms with Gasteiger partial charge in [0.05, 0.1) is 5.60 Å². The van der Waals surface area contributed by atoms with E-state index < -0.39 is 0 Å². The number of nitrogens with zero attached hydrogens (tertiary/aromatic N) is 1. The Balaban J connectivity index is 1.90. The second-order valence-electron chi connectivity index (χ2n) is 4.61. The quantitative estimate of drug-likeness (QED) is 0.595. The first-order valence-electron chi connectivity index (χ1n) is 5.09. The summed E-state index contributed by atoms with van der Waals surface area (Å²) in [5.74, 6) is 0. The Morgan fingerprint density at radius 3 is 2.42 bits per heavy atom. The summed E-state index contributed by atoms with van der Waals surface area (Å²) in [6, 6.07) is 0. The van der Waals surface area contributed by atoms with Crippen LogP contribution in [-0.4, -0.2) is 29.8 Å². The third-order valence-corrected chi connectivity index (χ3v) is 3.00. The summed E-state index contributed by atoms with van der Waals surface area (Å²) in [5, 5.41) is 0. The summed E-state index contributed by atoms with van der Waals surface area (Å²) in [5.41, 5.74) is 0.132. The topological polar surface area (TPSA) is 12.5 Å². The minimum Gasteiger partial charge on any atom is -0.357 e. The molecule has 0 spiro atoms. The Labute approximate surface area is 74.9 Å². The van der Waals surface area contributed by atoms with E-state index in [1.165, 1.54) is 38.8 Å². The fourth-order valence-electron chi connectivity index (χ4n) is 2.24. The summed E-state index contributed by atoms with van der Waals surface area (Å²) in [6.45, 7) is 6.90. The Morgan fingerprint density at radius 1 is 1.25 bits per heavy atom. The van der Waals surface area contributed by atoms with Gasteiger partial charge < -0.3 is 4.74 Å². The molecule has 2 aliphatic heterocycles. The molecule has 2 rings (SSSR count). The molecule has 2 heterocycles. The average Bonchev–Trinajstić information content (AvgIpc) is 2.55. The van der Waals surface area contributed by atoms with E-state index in [0.29, 0.717) is 6.23 Å². The average molecular weight is 169 g/mol. The molecule has 0 aliphatic carbocycles. The van der Waals surface area contributed by atoms with Crippen LogP contribution in [0.25, 0.3) is 0 Å². The number of hydrogen-bond acceptors (Lipinski definition) is 2. The second kappa shape index (κ2) is 3.00. The summed E-state index contributed by atoms with van der Waals surface area (Å²) in [4.78, 5) is 2.49. The number of rotatable bonds is 1. The van der Waals surface area contributed by atoms with E-state index in [2.05, 4.69) is 18.7 Å². The molecule has 0 radical (unpaired) electrons. The monoisotopic (exact) mass is 169 g/mol. The minimum atomic E-state index is 0.132. The van der Waals surface area contributed by atoms with Gasteiger partial charge in [0.25, 0.3) is 0 Å². The molecule has 2 saturated heterocycles. The van der Waals surface area contributed by atoms with Gasteiger partial charge in [0.2, 0.25) is 0 Å². The highest BCUT2D eigenvalue weighted by Crippen LogP contribution is 2.32. The third-order valence-electron chi connectivity index (χ3n) is 3.00. The van der Waals surface area contributed by atoms with Gasteiger partial charge in [-0.15, -0.1) is 0 Å².